The van der Waals surface area contributed by atoms with Crippen LogP contribution in [0.25, 0.3) is 0 Å². The van der Waals surface area contributed by atoms with Crippen molar-refractivity contribution in [3.63, 3.8) is 0 Å². The molecule has 1 aromatic rings. The minimum Gasteiger partial charge on any atom is -0.379 e. The first-order valence-electron chi connectivity index (χ1n) is 8.10. The highest BCUT2D eigenvalue weighted by Gasteiger charge is 2.41. The fourth-order valence-electron chi connectivity index (χ4n) is 3.24. The molecule has 138 valence electrons. The Balaban J connectivity index is 0.00000144. The Hall–Kier alpha value is -0.860. The van der Waals surface area contributed by atoms with Crippen LogP contribution in [0.5, 0.6) is 0 Å². The second-order valence-corrected chi connectivity index (χ2v) is 5.94. The lowest BCUT2D eigenvalue weighted by molar-refractivity contribution is -0.132. The fraction of sp³-hybridized carbons (Fsp3) is 0.733. The molecule has 0 aliphatic carbocycles. The zero-order valence-electron chi connectivity index (χ0n) is 13.8. The van der Waals surface area contributed by atoms with Crippen LogP contribution >= 0.6 is 24.8 Å². The minimum atomic E-state index is -0.542. The normalized spacial score (nSPS) is 20.5. The van der Waals surface area contributed by atoms with Gasteiger partial charge in [0.1, 0.15) is 5.54 Å². The van der Waals surface area contributed by atoms with Crippen molar-refractivity contribution in [1.82, 2.24) is 25.3 Å². The van der Waals surface area contributed by atoms with Crippen molar-refractivity contribution in [3.8, 4) is 0 Å². The predicted octanol–water partition coefficient (Wildman–Crippen LogP) is 0.254. The zero-order valence-corrected chi connectivity index (χ0v) is 15.4. The average molecular weight is 380 g/mol. The minimum absolute atomic E-state index is 0. The summed E-state index contributed by atoms with van der Waals surface area (Å²) in [6.45, 7) is 6.72. The van der Waals surface area contributed by atoms with Gasteiger partial charge in [0, 0.05) is 38.6 Å². The number of piperidine rings is 1. The number of ether oxygens (including phenoxy) is 1. The maximum Gasteiger partial charge on any atom is 0.248 e. The Morgan fingerprint density at radius 3 is 2.58 bits per heavy atom. The third-order valence-electron chi connectivity index (χ3n) is 4.61. The SMILES string of the molecule is Cl.Cl.O=C(NCCN1CCOCC1)C1(n2cccn2)CCNCC1. The number of hydrogen-bond donors (Lipinski definition) is 2. The summed E-state index contributed by atoms with van der Waals surface area (Å²) in [6, 6.07) is 1.88. The van der Waals surface area contributed by atoms with E-state index in [9.17, 15) is 4.79 Å². The topological polar surface area (TPSA) is 71.4 Å². The molecule has 2 N–H and O–H groups in total. The molecular formula is C15H27Cl2N5O2. The molecule has 3 rings (SSSR count). The molecule has 0 radical (unpaired) electrons. The molecule has 2 fully saturated rings. The summed E-state index contributed by atoms with van der Waals surface area (Å²) in [5.74, 6) is 0.0889. The standard InChI is InChI=1S/C15H25N5O2.2ClH/c21-14(17-7-9-19-10-12-22-13-11-19)15(2-5-16-6-3-15)20-8-1-4-18-20;;/h1,4,8,16H,2-3,5-7,9-13H2,(H,17,21);2*1H. The number of nitrogens with zero attached hydrogens (tertiary/aromatic N) is 3. The molecule has 1 aromatic heterocycles. The van der Waals surface area contributed by atoms with Gasteiger partial charge in [-0.1, -0.05) is 0 Å². The van der Waals surface area contributed by atoms with Crippen LogP contribution in [-0.2, 0) is 15.1 Å². The first kappa shape index (κ1) is 21.2. The van der Waals surface area contributed by atoms with Gasteiger partial charge in [0.05, 0.1) is 13.2 Å². The Bertz CT molecular complexity index is 474. The number of aromatic nitrogens is 2. The van der Waals surface area contributed by atoms with Gasteiger partial charge in [-0.3, -0.25) is 14.4 Å². The van der Waals surface area contributed by atoms with E-state index in [-0.39, 0.29) is 30.7 Å². The van der Waals surface area contributed by atoms with Gasteiger partial charge in [-0.15, -0.1) is 24.8 Å². The third-order valence-corrected chi connectivity index (χ3v) is 4.61. The van der Waals surface area contributed by atoms with Crippen LogP contribution in [0.15, 0.2) is 18.5 Å². The van der Waals surface area contributed by atoms with E-state index >= 15 is 0 Å². The van der Waals surface area contributed by atoms with E-state index in [2.05, 4.69) is 20.6 Å². The smallest absolute Gasteiger partial charge is 0.248 e. The molecule has 3 heterocycles. The molecule has 9 heteroatoms. The highest BCUT2D eigenvalue weighted by molar-refractivity contribution is 5.85. The second-order valence-electron chi connectivity index (χ2n) is 5.94. The summed E-state index contributed by atoms with van der Waals surface area (Å²) >= 11 is 0. The molecule has 2 saturated heterocycles. The highest BCUT2D eigenvalue weighted by Crippen LogP contribution is 2.27. The van der Waals surface area contributed by atoms with Gasteiger partial charge in [-0.05, 0) is 32.0 Å². The van der Waals surface area contributed by atoms with Crippen molar-refractivity contribution >= 4 is 30.7 Å². The summed E-state index contributed by atoms with van der Waals surface area (Å²) < 4.78 is 7.17. The summed E-state index contributed by atoms with van der Waals surface area (Å²) in [7, 11) is 0. The molecule has 1 amide bonds. The number of carbonyl (C=O) groups is 1. The summed E-state index contributed by atoms with van der Waals surface area (Å²) in [5.41, 5.74) is -0.542. The molecule has 2 aliphatic heterocycles. The van der Waals surface area contributed by atoms with E-state index in [4.69, 9.17) is 4.74 Å². The van der Waals surface area contributed by atoms with Crippen LogP contribution in [0.3, 0.4) is 0 Å². The second kappa shape index (κ2) is 10.2. The molecule has 0 spiro atoms. The van der Waals surface area contributed by atoms with Crippen molar-refractivity contribution < 1.29 is 9.53 Å². The Labute approximate surface area is 155 Å². The summed E-state index contributed by atoms with van der Waals surface area (Å²) in [4.78, 5) is 15.1. The molecule has 0 bridgehead atoms. The number of nitrogens with one attached hydrogen (secondary N) is 2. The van der Waals surface area contributed by atoms with Gasteiger partial charge in [-0.25, -0.2) is 0 Å². The lowest BCUT2D eigenvalue weighted by Gasteiger charge is -2.36. The lowest BCUT2D eigenvalue weighted by Crippen LogP contribution is -2.55. The highest BCUT2D eigenvalue weighted by atomic mass is 35.5. The van der Waals surface area contributed by atoms with E-state index < -0.39 is 5.54 Å². The lowest BCUT2D eigenvalue weighted by atomic mass is 9.87. The summed E-state index contributed by atoms with van der Waals surface area (Å²) in [5, 5.41) is 10.8. The number of hydrogen-bond acceptors (Lipinski definition) is 5. The Morgan fingerprint density at radius 1 is 1.25 bits per heavy atom. The molecule has 24 heavy (non-hydrogen) atoms. The van der Waals surface area contributed by atoms with Crippen LogP contribution in [0.1, 0.15) is 12.8 Å². The largest absolute Gasteiger partial charge is 0.379 e. The maximum atomic E-state index is 12.8. The Morgan fingerprint density at radius 2 is 1.96 bits per heavy atom. The predicted molar refractivity (Wildman–Crippen MR) is 97.1 cm³/mol. The van der Waals surface area contributed by atoms with E-state index in [0.717, 1.165) is 58.8 Å². The van der Waals surface area contributed by atoms with Crippen molar-refractivity contribution in [3.05, 3.63) is 18.5 Å². The third kappa shape index (κ3) is 4.83. The maximum absolute atomic E-state index is 12.8. The summed E-state index contributed by atoms with van der Waals surface area (Å²) in [6.07, 6.45) is 5.19. The molecule has 0 aromatic carbocycles. The van der Waals surface area contributed by atoms with E-state index in [1.54, 1.807) is 6.20 Å². The van der Waals surface area contributed by atoms with Gasteiger partial charge in [-0.2, -0.15) is 5.10 Å². The fourth-order valence-corrected chi connectivity index (χ4v) is 3.24. The molecule has 0 unspecified atom stereocenters. The van der Waals surface area contributed by atoms with Crippen LogP contribution < -0.4 is 10.6 Å². The van der Waals surface area contributed by atoms with Crippen LogP contribution in [0, 0.1) is 0 Å². The van der Waals surface area contributed by atoms with Crippen LogP contribution in [-0.4, -0.2) is 73.1 Å². The van der Waals surface area contributed by atoms with Crippen LogP contribution in [0.4, 0.5) is 0 Å². The average Bonchev–Trinajstić information content (AvgIpc) is 3.11. The molecule has 0 atom stereocenters. The van der Waals surface area contributed by atoms with Gasteiger partial charge in [0.2, 0.25) is 5.91 Å². The van der Waals surface area contributed by atoms with Crippen molar-refractivity contribution in [2.45, 2.75) is 18.4 Å². The quantitative estimate of drug-likeness (QED) is 0.767. The van der Waals surface area contributed by atoms with Gasteiger partial charge >= 0.3 is 0 Å². The number of morpholine rings is 1. The van der Waals surface area contributed by atoms with Crippen molar-refractivity contribution in [1.29, 1.82) is 0 Å². The first-order valence-corrected chi connectivity index (χ1v) is 8.10. The van der Waals surface area contributed by atoms with E-state index in [1.165, 1.54) is 0 Å². The van der Waals surface area contributed by atoms with Crippen molar-refractivity contribution in [2.24, 2.45) is 0 Å². The van der Waals surface area contributed by atoms with Gasteiger partial charge in [0.25, 0.3) is 0 Å². The number of carbonyl (C=O) groups excluding carboxylic acids is 1. The molecule has 0 saturated carbocycles. The van der Waals surface area contributed by atoms with Crippen LogP contribution in [0.2, 0.25) is 0 Å². The number of amides is 1. The monoisotopic (exact) mass is 379 g/mol. The first-order chi connectivity index (χ1) is 10.8. The number of halogens is 2. The molecular weight excluding hydrogens is 353 g/mol. The van der Waals surface area contributed by atoms with Gasteiger partial charge < -0.3 is 15.4 Å². The zero-order chi connectivity index (χ0) is 15.3. The molecule has 7 nitrogen and oxygen atoms in total. The van der Waals surface area contributed by atoms with Gasteiger partial charge in [0.15, 0.2) is 0 Å². The van der Waals surface area contributed by atoms with E-state index in [1.807, 2.05) is 16.9 Å². The number of rotatable bonds is 5. The van der Waals surface area contributed by atoms with E-state index in [0.29, 0.717) is 6.54 Å². The Kier molecular flexibility index (Phi) is 9.01. The van der Waals surface area contributed by atoms with Crippen molar-refractivity contribution in [2.75, 3.05) is 52.5 Å². The molecule has 2 aliphatic rings.